The quantitative estimate of drug-likeness (QED) is 0.655. The summed E-state index contributed by atoms with van der Waals surface area (Å²) in [5, 5.41) is 7.37. The number of nitrogens with one attached hydrogen (secondary N) is 1. The van der Waals surface area contributed by atoms with Crippen molar-refractivity contribution in [3.63, 3.8) is 0 Å². The zero-order valence-corrected chi connectivity index (χ0v) is 18.6. The molecule has 1 saturated carbocycles. The second-order valence-corrected chi connectivity index (χ2v) is 10.9. The van der Waals surface area contributed by atoms with E-state index in [-0.39, 0.29) is 40.7 Å². The Morgan fingerprint density at radius 1 is 1.16 bits per heavy atom. The summed E-state index contributed by atoms with van der Waals surface area (Å²) in [7, 11) is 0. The number of fused-ring (bicyclic) bond motifs is 3. The molecule has 2 aliphatic heterocycles. The third-order valence-electron chi connectivity index (χ3n) is 7.29. The minimum absolute atomic E-state index is 0.0482. The lowest BCUT2D eigenvalue weighted by molar-refractivity contribution is -0.173. The molecule has 4 atom stereocenters. The van der Waals surface area contributed by atoms with Crippen molar-refractivity contribution in [2.75, 3.05) is 11.9 Å². The van der Waals surface area contributed by atoms with Crippen LogP contribution in [0.15, 0.2) is 36.4 Å². The smallest absolute Gasteiger partial charge is 0.363 e. The largest absolute Gasteiger partial charge is 0.410 e. The molecule has 32 heavy (non-hydrogen) atoms. The average molecular weight is 447 g/mol. The maximum atomic E-state index is 13.9. The van der Waals surface area contributed by atoms with Gasteiger partial charge in [-0.3, -0.25) is 4.79 Å². The second kappa shape index (κ2) is 6.99. The zero-order chi connectivity index (χ0) is 22.9. The van der Waals surface area contributed by atoms with Crippen LogP contribution >= 0.6 is 0 Å². The third kappa shape index (κ3) is 3.67. The van der Waals surface area contributed by atoms with Gasteiger partial charge in [-0.05, 0) is 35.7 Å². The number of likely N-dealkylation sites (tertiary alicyclic amines) is 1. The molecule has 5 rings (SSSR count). The molecule has 1 aliphatic carbocycles. The van der Waals surface area contributed by atoms with Crippen molar-refractivity contribution >= 4 is 11.7 Å². The van der Waals surface area contributed by atoms with E-state index in [1.54, 1.807) is 0 Å². The molecule has 0 unspecified atom stereocenters. The SMILES string of the molecule is CC1(C)C[C@H]2C[C@@](C)(CN2C(=O)c2cc3n(n2)[C@@H](C(F)(F)F)C[C@@H](c2ccccc2)N3)C1. The highest BCUT2D eigenvalue weighted by Gasteiger charge is 2.52. The predicted molar refractivity (Wildman–Crippen MR) is 115 cm³/mol. The van der Waals surface area contributed by atoms with Gasteiger partial charge in [-0.15, -0.1) is 0 Å². The number of carbonyl (C=O) groups excluding carboxylic acids is 1. The molecule has 0 spiro atoms. The van der Waals surface area contributed by atoms with E-state index in [0.29, 0.717) is 6.54 Å². The van der Waals surface area contributed by atoms with Crippen molar-refractivity contribution in [2.24, 2.45) is 10.8 Å². The van der Waals surface area contributed by atoms with Crippen molar-refractivity contribution in [1.82, 2.24) is 14.7 Å². The number of benzene rings is 1. The average Bonchev–Trinajstić information content (AvgIpc) is 3.23. The lowest BCUT2D eigenvalue weighted by Crippen LogP contribution is -2.38. The molecule has 8 heteroatoms. The molecule has 1 aromatic carbocycles. The Balaban J connectivity index is 1.46. The van der Waals surface area contributed by atoms with Gasteiger partial charge in [-0.1, -0.05) is 51.1 Å². The molecule has 5 nitrogen and oxygen atoms in total. The van der Waals surface area contributed by atoms with Crippen LogP contribution in [0.5, 0.6) is 0 Å². The molecule has 172 valence electrons. The summed E-state index contributed by atoms with van der Waals surface area (Å²) in [6, 6.07) is 8.42. The van der Waals surface area contributed by atoms with Crippen LogP contribution in [0.2, 0.25) is 0 Å². The summed E-state index contributed by atoms with van der Waals surface area (Å²) in [5.74, 6) is -0.0261. The van der Waals surface area contributed by atoms with Gasteiger partial charge in [0.15, 0.2) is 11.7 Å². The molecular weight excluding hydrogens is 417 g/mol. The van der Waals surface area contributed by atoms with Crippen LogP contribution in [0.4, 0.5) is 19.0 Å². The molecule has 1 aromatic heterocycles. The first-order valence-corrected chi connectivity index (χ1v) is 11.2. The highest BCUT2D eigenvalue weighted by molar-refractivity contribution is 5.93. The molecule has 1 saturated heterocycles. The van der Waals surface area contributed by atoms with Crippen LogP contribution in [0.3, 0.4) is 0 Å². The monoisotopic (exact) mass is 446 g/mol. The van der Waals surface area contributed by atoms with Crippen LogP contribution in [0.25, 0.3) is 0 Å². The molecule has 2 aromatic rings. The van der Waals surface area contributed by atoms with Crippen molar-refractivity contribution in [1.29, 1.82) is 0 Å². The normalized spacial score (nSPS) is 31.2. The number of halogens is 3. The van der Waals surface area contributed by atoms with Gasteiger partial charge in [-0.25, -0.2) is 4.68 Å². The van der Waals surface area contributed by atoms with E-state index >= 15 is 0 Å². The Hall–Kier alpha value is -2.51. The summed E-state index contributed by atoms with van der Waals surface area (Å²) in [4.78, 5) is 15.3. The van der Waals surface area contributed by atoms with Gasteiger partial charge in [0, 0.05) is 25.1 Å². The van der Waals surface area contributed by atoms with E-state index in [1.165, 1.54) is 6.07 Å². The Labute approximate surface area is 186 Å². The van der Waals surface area contributed by atoms with E-state index < -0.39 is 18.3 Å². The molecule has 3 aliphatic rings. The first-order valence-electron chi connectivity index (χ1n) is 11.2. The summed E-state index contributed by atoms with van der Waals surface area (Å²) in [6.45, 7) is 7.29. The molecule has 0 radical (unpaired) electrons. The summed E-state index contributed by atoms with van der Waals surface area (Å²) in [6.07, 6.45) is -1.75. The fraction of sp³-hybridized carbons (Fsp3) is 0.583. The first kappa shape index (κ1) is 21.3. The standard InChI is InChI=1S/C24H29F3N4O/c1-22(2)11-16-12-23(3,13-22)14-30(16)21(32)18-10-20-28-17(15-7-5-4-6-8-15)9-19(24(25,26)27)31(20)29-18/h4-8,10,16-17,19,28H,9,11-14H2,1-3H3/t16-,17-,19+,23+/m0/s1. The number of anilines is 1. The molecule has 2 fully saturated rings. The molecule has 3 heterocycles. The van der Waals surface area contributed by atoms with Crippen LogP contribution in [0, 0.1) is 10.8 Å². The maximum absolute atomic E-state index is 13.9. The predicted octanol–water partition coefficient (Wildman–Crippen LogP) is 5.58. The zero-order valence-electron chi connectivity index (χ0n) is 18.6. The van der Waals surface area contributed by atoms with Crippen molar-refractivity contribution in [3.8, 4) is 0 Å². The first-order chi connectivity index (χ1) is 14.9. The van der Waals surface area contributed by atoms with Crippen molar-refractivity contribution in [2.45, 2.75) is 70.8 Å². The lowest BCUT2D eigenvalue weighted by Gasteiger charge is -2.39. The van der Waals surface area contributed by atoms with E-state index in [1.807, 2.05) is 35.2 Å². The highest BCUT2D eigenvalue weighted by atomic mass is 19.4. The fourth-order valence-electron chi connectivity index (χ4n) is 6.43. The molecule has 1 N–H and O–H groups in total. The summed E-state index contributed by atoms with van der Waals surface area (Å²) >= 11 is 0. The van der Waals surface area contributed by atoms with Crippen LogP contribution in [0.1, 0.15) is 74.6 Å². The van der Waals surface area contributed by atoms with Crippen LogP contribution in [-0.4, -0.2) is 39.4 Å². The number of rotatable bonds is 2. The van der Waals surface area contributed by atoms with Gasteiger partial charge in [0.05, 0.1) is 6.04 Å². The van der Waals surface area contributed by atoms with E-state index in [2.05, 4.69) is 31.2 Å². The van der Waals surface area contributed by atoms with E-state index in [0.717, 1.165) is 29.5 Å². The third-order valence-corrected chi connectivity index (χ3v) is 7.29. The van der Waals surface area contributed by atoms with Gasteiger partial charge in [0.25, 0.3) is 5.91 Å². The summed E-state index contributed by atoms with van der Waals surface area (Å²) < 4.78 is 42.8. The van der Waals surface area contributed by atoms with Gasteiger partial charge in [0.1, 0.15) is 5.82 Å². The number of nitrogens with zero attached hydrogens (tertiary/aromatic N) is 3. The fourth-order valence-corrected chi connectivity index (χ4v) is 6.43. The highest BCUT2D eigenvalue weighted by Crippen LogP contribution is 2.53. The van der Waals surface area contributed by atoms with E-state index in [9.17, 15) is 18.0 Å². The number of carbonyl (C=O) groups is 1. The van der Waals surface area contributed by atoms with Gasteiger partial charge in [0.2, 0.25) is 0 Å². The number of hydrogen-bond acceptors (Lipinski definition) is 3. The maximum Gasteiger partial charge on any atom is 0.410 e. The number of hydrogen-bond donors (Lipinski definition) is 1. The molecule has 2 bridgehead atoms. The minimum atomic E-state index is -4.46. The molecule has 1 amide bonds. The van der Waals surface area contributed by atoms with Gasteiger partial charge < -0.3 is 10.2 Å². The number of aromatic nitrogens is 2. The number of alkyl halides is 3. The van der Waals surface area contributed by atoms with Crippen LogP contribution < -0.4 is 5.32 Å². The van der Waals surface area contributed by atoms with Gasteiger partial charge in [-0.2, -0.15) is 18.3 Å². The van der Waals surface area contributed by atoms with Crippen molar-refractivity contribution in [3.05, 3.63) is 47.7 Å². The van der Waals surface area contributed by atoms with E-state index in [4.69, 9.17) is 0 Å². The Kier molecular flexibility index (Phi) is 4.66. The van der Waals surface area contributed by atoms with Crippen LogP contribution in [-0.2, 0) is 0 Å². The Morgan fingerprint density at radius 3 is 2.56 bits per heavy atom. The number of amides is 1. The summed E-state index contributed by atoms with van der Waals surface area (Å²) in [5.41, 5.74) is 1.06. The topological polar surface area (TPSA) is 50.2 Å². The minimum Gasteiger partial charge on any atom is -0.363 e. The van der Waals surface area contributed by atoms with Gasteiger partial charge >= 0.3 is 6.18 Å². The second-order valence-electron chi connectivity index (χ2n) is 10.9. The molecular formula is C24H29F3N4O. The Morgan fingerprint density at radius 2 is 1.88 bits per heavy atom. The van der Waals surface area contributed by atoms with Crippen molar-refractivity contribution < 1.29 is 18.0 Å². The lowest BCUT2D eigenvalue weighted by atomic mass is 9.65. The Bertz CT molecular complexity index is 1030.